The molecule has 3 rings (SSSR count). The van der Waals surface area contributed by atoms with Crippen molar-refractivity contribution in [2.45, 2.75) is 39.8 Å². The molecule has 0 amide bonds. The number of aromatic nitrogens is 5. The molecule has 0 spiro atoms. The first kappa shape index (κ1) is 19.3. The van der Waals surface area contributed by atoms with Gasteiger partial charge in [-0.2, -0.15) is 19.6 Å². The molecule has 0 bridgehead atoms. The number of anilines is 2. The lowest BCUT2D eigenvalue weighted by molar-refractivity contribution is 0.412. The van der Waals surface area contributed by atoms with Crippen molar-refractivity contribution in [3.63, 3.8) is 0 Å². The van der Waals surface area contributed by atoms with Gasteiger partial charge in [0.15, 0.2) is 0 Å². The van der Waals surface area contributed by atoms with Gasteiger partial charge >= 0.3 is 6.01 Å². The van der Waals surface area contributed by atoms with Crippen molar-refractivity contribution >= 4 is 11.9 Å². The highest BCUT2D eigenvalue weighted by Crippen LogP contribution is 2.18. The van der Waals surface area contributed by atoms with Crippen molar-refractivity contribution in [2.75, 3.05) is 10.6 Å². The normalized spacial score (nSPS) is 10.9. The van der Waals surface area contributed by atoms with Crippen LogP contribution in [0, 0.1) is 0 Å². The van der Waals surface area contributed by atoms with Crippen LogP contribution in [0.25, 0.3) is 5.69 Å². The summed E-state index contributed by atoms with van der Waals surface area (Å²) in [5, 5.41) is 10.5. The zero-order valence-corrected chi connectivity index (χ0v) is 16.2. The SMILES string of the molecule is CC(C)Nc1nc(NC(C)C)nc(Oc2ccc(=O)n(-c3ccccc3)n2)n1. The third kappa shape index (κ3) is 5.03. The fourth-order valence-electron chi connectivity index (χ4n) is 2.34. The molecule has 146 valence electrons. The van der Waals surface area contributed by atoms with E-state index in [0.717, 1.165) is 0 Å². The Labute approximate surface area is 162 Å². The largest absolute Gasteiger partial charge is 0.403 e. The summed E-state index contributed by atoms with van der Waals surface area (Å²) in [6.07, 6.45) is 0. The third-order valence-electron chi connectivity index (χ3n) is 3.42. The Bertz CT molecular complexity index is 959. The first-order valence-electron chi connectivity index (χ1n) is 9.03. The van der Waals surface area contributed by atoms with Crippen LogP contribution < -0.4 is 20.9 Å². The molecule has 0 fully saturated rings. The average Bonchev–Trinajstić information content (AvgIpc) is 2.63. The van der Waals surface area contributed by atoms with Crippen molar-refractivity contribution in [1.82, 2.24) is 24.7 Å². The van der Waals surface area contributed by atoms with Gasteiger partial charge in [-0.3, -0.25) is 4.79 Å². The summed E-state index contributed by atoms with van der Waals surface area (Å²) in [6, 6.07) is 12.3. The molecule has 3 aromatic rings. The number of rotatable bonds is 7. The molecule has 0 saturated carbocycles. The highest BCUT2D eigenvalue weighted by molar-refractivity contribution is 5.37. The molecule has 1 aromatic carbocycles. The Morgan fingerprint density at radius 2 is 1.46 bits per heavy atom. The predicted octanol–water partition coefficient (Wildman–Crippen LogP) is 2.85. The van der Waals surface area contributed by atoms with Crippen LogP contribution in [-0.4, -0.2) is 36.8 Å². The lowest BCUT2D eigenvalue weighted by Gasteiger charge is -2.13. The van der Waals surface area contributed by atoms with Crippen molar-refractivity contribution in [1.29, 1.82) is 0 Å². The average molecular weight is 381 g/mol. The highest BCUT2D eigenvalue weighted by atomic mass is 16.5. The lowest BCUT2D eigenvalue weighted by atomic mass is 10.3. The number of nitrogens with one attached hydrogen (secondary N) is 2. The summed E-state index contributed by atoms with van der Waals surface area (Å²) in [4.78, 5) is 25.0. The molecular formula is C19H23N7O2. The standard InChI is InChI=1S/C19H23N7O2/c1-12(2)20-17-22-18(21-13(3)4)24-19(23-17)28-15-10-11-16(27)26(25-15)14-8-6-5-7-9-14/h5-13H,1-4H3,(H2,20,21,22,23,24). The topological polar surface area (TPSA) is 107 Å². The number of ether oxygens (including phenoxy) is 1. The molecule has 28 heavy (non-hydrogen) atoms. The van der Waals surface area contributed by atoms with Crippen molar-refractivity contribution in [3.8, 4) is 17.6 Å². The van der Waals surface area contributed by atoms with Gasteiger partial charge in [0.05, 0.1) is 5.69 Å². The molecule has 2 aromatic heterocycles. The van der Waals surface area contributed by atoms with E-state index in [0.29, 0.717) is 17.6 Å². The van der Waals surface area contributed by atoms with E-state index >= 15 is 0 Å². The van der Waals surface area contributed by atoms with E-state index in [1.54, 1.807) is 12.1 Å². The number of hydrogen-bond donors (Lipinski definition) is 2. The molecule has 0 aliphatic rings. The fraction of sp³-hybridized carbons (Fsp3) is 0.316. The molecule has 0 aliphatic carbocycles. The van der Waals surface area contributed by atoms with E-state index in [1.165, 1.54) is 16.8 Å². The van der Waals surface area contributed by atoms with Crippen LogP contribution in [0.2, 0.25) is 0 Å². The summed E-state index contributed by atoms with van der Waals surface area (Å²) in [5.41, 5.74) is 0.372. The zero-order chi connectivity index (χ0) is 20.1. The molecule has 2 N–H and O–H groups in total. The quantitative estimate of drug-likeness (QED) is 0.643. The number of benzene rings is 1. The highest BCUT2D eigenvalue weighted by Gasteiger charge is 2.12. The molecule has 0 atom stereocenters. The summed E-state index contributed by atoms with van der Waals surface area (Å²) in [7, 11) is 0. The van der Waals surface area contributed by atoms with Gasteiger partial charge in [0.25, 0.3) is 5.56 Å². The summed E-state index contributed by atoms with van der Waals surface area (Å²) in [5.74, 6) is 0.972. The van der Waals surface area contributed by atoms with Crippen LogP contribution in [0.5, 0.6) is 11.9 Å². The summed E-state index contributed by atoms with van der Waals surface area (Å²) in [6.45, 7) is 7.93. The van der Waals surface area contributed by atoms with Crippen molar-refractivity contribution in [2.24, 2.45) is 0 Å². The Hall–Kier alpha value is -3.49. The smallest absolute Gasteiger partial charge is 0.330 e. The summed E-state index contributed by atoms with van der Waals surface area (Å²) < 4.78 is 6.99. The van der Waals surface area contributed by atoms with Crippen molar-refractivity contribution < 1.29 is 4.74 Å². The van der Waals surface area contributed by atoms with Gasteiger partial charge < -0.3 is 15.4 Å². The second kappa shape index (κ2) is 8.47. The maximum atomic E-state index is 12.2. The van der Waals surface area contributed by atoms with E-state index in [4.69, 9.17) is 4.74 Å². The Morgan fingerprint density at radius 3 is 2.04 bits per heavy atom. The molecule has 9 nitrogen and oxygen atoms in total. The molecule has 0 radical (unpaired) electrons. The number of para-hydroxylation sites is 1. The number of nitrogens with zero attached hydrogens (tertiary/aromatic N) is 5. The van der Waals surface area contributed by atoms with Gasteiger partial charge in [-0.15, -0.1) is 5.10 Å². The third-order valence-corrected chi connectivity index (χ3v) is 3.42. The van der Waals surface area contributed by atoms with E-state index in [-0.39, 0.29) is 29.5 Å². The summed E-state index contributed by atoms with van der Waals surface area (Å²) >= 11 is 0. The Morgan fingerprint density at radius 1 is 0.857 bits per heavy atom. The van der Waals surface area contributed by atoms with Gasteiger partial charge in [0, 0.05) is 24.2 Å². The molecule has 2 heterocycles. The van der Waals surface area contributed by atoms with Crippen LogP contribution in [0.3, 0.4) is 0 Å². The van der Waals surface area contributed by atoms with Crippen LogP contribution in [0.1, 0.15) is 27.7 Å². The Balaban J connectivity index is 1.93. The second-order valence-corrected chi connectivity index (χ2v) is 6.72. The van der Waals surface area contributed by atoms with Crippen LogP contribution in [0.4, 0.5) is 11.9 Å². The van der Waals surface area contributed by atoms with Crippen LogP contribution in [0.15, 0.2) is 47.3 Å². The first-order valence-corrected chi connectivity index (χ1v) is 9.03. The molecule has 0 unspecified atom stereocenters. The van der Waals surface area contributed by atoms with Gasteiger partial charge in [-0.1, -0.05) is 18.2 Å². The van der Waals surface area contributed by atoms with E-state index < -0.39 is 0 Å². The minimum atomic E-state index is -0.265. The fourth-order valence-corrected chi connectivity index (χ4v) is 2.34. The molecule has 9 heteroatoms. The second-order valence-electron chi connectivity index (χ2n) is 6.72. The van der Waals surface area contributed by atoms with Gasteiger partial charge in [0.1, 0.15) is 0 Å². The number of hydrogen-bond acceptors (Lipinski definition) is 8. The van der Waals surface area contributed by atoms with Gasteiger partial charge in [-0.25, -0.2) is 0 Å². The lowest BCUT2D eigenvalue weighted by Crippen LogP contribution is -2.20. The van der Waals surface area contributed by atoms with Crippen LogP contribution in [-0.2, 0) is 0 Å². The maximum Gasteiger partial charge on any atom is 0.330 e. The van der Waals surface area contributed by atoms with Gasteiger partial charge in [0.2, 0.25) is 17.8 Å². The molecule has 0 aliphatic heterocycles. The van der Waals surface area contributed by atoms with E-state index in [9.17, 15) is 4.79 Å². The molecule has 0 saturated heterocycles. The monoisotopic (exact) mass is 381 g/mol. The van der Waals surface area contributed by atoms with Gasteiger partial charge in [-0.05, 0) is 39.8 Å². The van der Waals surface area contributed by atoms with E-state index in [1.807, 2.05) is 45.9 Å². The minimum absolute atomic E-state index is 0.0760. The minimum Gasteiger partial charge on any atom is -0.403 e. The first-order chi connectivity index (χ1) is 13.4. The maximum absolute atomic E-state index is 12.2. The van der Waals surface area contributed by atoms with Crippen molar-refractivity contribution in [3.05, 3.63) is 52.8 Å². The molecular weight excluding hydrogens is 358 g/mol. The van der Waals surface area contributed by atoms with Crippen LogP contribution >= 0.6 is 0 Å². The Kier molecular flexibility index (Phi) is 5.83. The van der Waals surface area contributed by atoms with E-state index in [2.05, 4.69) is 30.7 Å². The zero-order valence-electron chi connectivity index (χ0n) is 16.2. The predicted molar refractivity (Wildman–Crippen MR) is 107 cm³/mol.